The van der Waals surface area contributed by atoms with Gasteiger partial charge in [-0.25, -0.2) is 4.98 Å². The van der Waals surface area contributed by atoms with Gasteiger partial charge in [-0.2, -0.15) is 0 Å². The van der Waals surface area contributed by atoms with Crippen molar-refractivity contribution < 1.29 is 4.85 Å². The fourth-order valence-corrected chi connectivity index (χ4v) is 1.31. The highest BCUT2D eigenvalue weighted by Gasteiger charge is 2.11. The zero-order valence-corrected chi connectivity index (χ0v) is 7.19. The SMILES string of the molecule is Nc1nc2cccc(Cl)c2[n+]([O-])n1. The van der Waals surface area contributed by atoms with Gasteiger partial charge in [0.15, 0.2) is 0 Å². The van der Waals surface area contributed by atoms with E-state index in [2.05, 4.69) is 10.1 Å². The number of fused-ring (bicyclic) bond motifs is 1. The molecule has 66 valence electrons. The van der Waals surface area contributed by atoms with Crippen LogP contribution in [0.1, 0.15) is 0 Å². The molecule has 1 heterocycles. The molecule has 2 rings (SSSR count). The van der Waals surface area contributed by atoms with Gasteiger partial charge in [0.25, 0.3) is 11.5 Å². The Hall–Kier alpha value is -1.62. The molecule has 5 nitrogen and oxygen atoms in total. The quantitative estimate of drug-likeness (QED) is 0.492. The van der Waals surface area contributed by atoms with E-state index in [0.717, 1.165) is 0 Å². The molecule has 0 spiro atoms. The maximum Gasteiger partial charge on any atom is 0.289 e. The van der Waals surface area contributed by atoms with Crippen molar-refractivity contribution >= 4 is 28.6 Å². The molecule has 0 fully saturated rings. The molecular formula is C7H5ClN4O. The molecule has 0 bridgehead atoms. The van der Waals surface area contributed by atoms with Crippen LogP contribution in [0.2, 0.25) is 5.02 Å². The Morgan fingerprint density at radius 3 is 3.00 bits per heavy atom. The highest BCUT2D eigenvalue weighted by atomic mass is 35.5. The summed E-state index contributed by atoms with van der Waals surface area (Å²) in [5.74, 6) is -0.0650. The van der Waals surface area contributed by atoms with Crippen molar-refractivity contribution in [3.8, 4) is 0 Å². The Kier molecular flexibility index (Phi) is 1.66. The standard InChI is InChI=1S/C7H5ClN4O/c8-4-2-1-3-5-6(4)12(13)11-7(9)10-5/h1-3H,(H2,9,10,11). The lowest BCUT2D eigenvalue weighted by Crippen LogP contribution is -2.33. The molecule has 0 saturated heterocycles. The molecule has 13 heavy (non-hydrogen) atoms. The maximum absolute atomic E-state index is 11.2. The molecule has 0 aliphatic heterocycles. The monoisotopic (exact) mass is 196 g/mol. The van der Waals surface area contributed by atoms with Gasteiger partial charge < -0.3 is 10.9 Å². The number of aromatic nitrogens is 3. The summed E-state index contributed by atoms with van der Waals surface area (Å²) in [6.07, 6.45) is 0. The first kappa shape index (κ1) is 8.00. The molecule has 0 aliphatic rings. The summed E-state index contributed by atoms with van der Waals surface area (Å²) in [6.45, 7) is 0. The number of benzene rings is 1. The Labute approximate surface area is 78.3 Å². The van der Waals surface area contributed by atoms with E-state index < -0.39 is 0 Å². The van der Waals surface area contributed by atoms with Crippen LogP contribution in [0.4, 0.5) is 5.95 Å². The Morgan fingerprint density at radius 2 is 2.23 bits per heavy atom. The fourth-order valence-electron chi connectivity index (χ4n) is 1.07. The van der Waals surface area contributed by atoms with Crippen molar-refractivity contribution in [1.82, 2.24) is 10.1 Å². The second-order valence-corrected chi connectivity index (χ2v) is 2.86. The molecule has 1 aromatic carbocycles. The van der Waals surface area contributed by atoms with Crippen molar-refractivity contribution in [3.63, 3.8) is 0 Å². The van der Waals surface area contributed by atoms with E-state index in [4.69, 9.17) is 17.3 Å². The van der Waals surface area contributed by atoms with Crippen LogP contribution in [-0.2, 0) is 0 Å². The summed E-state index contributed by atoms with van der Waals surface area (Å²) in [6, 6.07) is 4.93. The summed E-state index contributed by atoms with van der Waals surface area (Å²) in [4.78, 5) is 4.23. The highest BCUT2D eigenvalue weighted by molar-refractivity contribution is 6.34. The van der Waals surface area contributed by atoms with Crippen LogP contribution in [0.3, 0.4) is 0 Å². The molecule has 0 amide bonds. The summed E-state index contributed by atoms with van der Waals surface area (Å²) in [5.41, 5.74) is 5.96. The molecule has 2 N–H and O–H groups in total. The van der Waals surface area contributed by atoms with Crippen molar-refractivity contribution in [2.75, 3.05) is 5.73 Å². The summed E-state index contributed by atoms with van der Waals surface area (Å²) in [7, 11) is 0. The Morgan fingerprint density at radius 1 is 1.46 bits per heavy atom. The van der Waals surface area contributed by atoms with E-state index >= 15 is 0 Å². The van der Waals surface area contributed by atoms with E-state index in [9.17, 15) is 5.21 Å². The minimum atomic E-state index is -0.0650. The molecule has 0 unspecified atom stereocenters. The average Bonchev–Trinajstić information content (AvgIpc) is 2.02. The smallest absolute Gasteiger partial charge is 0.289 e. The minimum Gasteiger partial charge on any atom is -0.594 e. The predicted octanol–water partition coefficient (Wildman–Crippen LogP) is 0.499. The van der Waals surface area contributed by atoms with Gasteiger partial charge in [0.2, 0.25) is 0 Å². The molecule has 0 atom stereocenters. The van der Waals surface area contributed by atoms with Crippen molar-refractivity contribution in [2.45, 2.75) is 0 Å². The van der Waals surface area contributed by atoms with Crippen LogP contribution >= 0.6 is 11.6 Å². The molecule has 2 aromatic rings. The third kappa shape index (κ3) is 1.23. The van der Waals surface area contributed by atoms with Gasteiger partial charge in [-0.05, 0) is 17.0 Å². The van der Waals surface area contributed by atoms with Gasteiger partial charge in [-0.1, -0.05) is 17.7 Å². The zero-order chi connectivity index (χ0) is 9.42. The van der Waals surface area contributed by atoms with Crippen LogP contribution in [0.5, 0.6) is 0 Å². The maximum atomic E-state index is 11.2. The normalized spacial score (nSPS) is 10.5. The number of hydrogen-bond acceptors (Lipinski definition) is 4. The molecule has 0 radical (unpaired) electrons. The number of nitrogens with zero attached hydrogens (tertiary/aromatic N) is 3. The Balaban J connectivity index is 2.94. The summed E-state index contributed by atoms with van der Waals surface area (Å²) >= 11 is 5.77. The minimum absolute atomic E-state index is 0.0650. The van der Waals surface area contributed by atoms with Crippen LogP contribution < -0.4 is 10.6 Å². The number of nitrogen functional groups attached to an aromatic ring is 1. The zero-order valence-electron chi connectivity index (χ0n) is 6.44. The van der Waals surface area contributed by atoms with E-state index in [1.54, 1.807) is 18.2 Å². The number of nitrogens with two attached hydrogens (primary N) is 1. The van der Waals surface area contributed by atoms with Crippen LogP contribution in [-0.4, -0.2) is 10.1 Å². The predicted molar refractivity (Wildman–Crippen MR) is 47.9 cm³/mol. The van der Waals surface area contributed by atoms with Gasteiger partial charge in [0.05, 0.1) is 5.10 Å². The van der Waals surface area contributed by atoms with E-state index in [0.29, 0.717) is 15.4 Å². The average molecular weight is 197 g/mol. The van der Waals surface area contributed by atoms with Crippen molar-refractivity contribution in [3.05, 3.63) is 28.4 Å². The van der Waals surface area contributed by atoms with Crippen molar-refractivity contribution in [1.29, 1.82) is 0 Å². The lowest BCUT2D eigenvalue weighted by molar-refractivity contribution is -0.641. The van der Waals surface area contributed by atoms with Crippen molar-refractivity contribution in [2.24, 2.45) is 0 Å². The first-order chi connectivity index (χ1) is 6.18. The fraction of sp³-hybridized carbons (Fsp3) is 0. The van der Waals surface area contributed by atoms with Gasteiger partial charge in [-0.3, -0.25) is 0 Å². The van der Waals surface area contributed by atoms with Gasteiger partial charge in [0, 0.05) is 0 Å². The number of rotatable bonds is 0. The third-order valence-electron chi connectivity index (χ3n) is 1.59. The lowest BCUT2D eigenvalue weighted by atomic mass is 10.3. The Bertz CT molecular complexity index is 473. The van der Waals surface area contributed by atoms with Crippen LogP contribution in [0.15, 0.2) is 18.2 Å². The number of hydrogen-bond donors (Lipinski definition) is 1. The van der Waals surface area contributed by atoms with Gasteiger partial charge in [-0.15, -0.1) is 0 Å². The topological polar surface area (TPSA) is 78.7 Å². The second-order valence-electron chi connectivity index (χ2n) is 2.45. The first-order valence-corrected chi connectivity index (χ1v) is 3.88. The lowest BCUT2D eigenvalue weighted by Gasteiger charge is -1.99. The molecular weight excluding hydrogens is 192 g/mol. The molecule has 6 heteroatoms. The largest absolute Gasteiger partial charge is 0.594 e. The summed E-state index contributed by atoms with van der Waals surface area (Å²) < 4.78 is 0. The van der Waals surface area contributed by atoms with Gasteiger partial charge >= 0.3 is 0 Å². The van der Waals surface area contributed by atoms with Crippen LogP contribution in [0.25, 0.3) is 11.0 Å². The summed E-state index contributed by atoms with van der Waals surface area (Å²) in [5, 5.41) is 14.9. The molecule has 0 saturated carbocycles. The van der Waals surface area contributed by atoms with E-state index in [1.807, 2.05) is 0 Å². The molecule has 0 aliphatic carbocycles. The van der Waals surface area contributed by atoms with E-state index in [1.165, 1.54) is 0 Å². The first-order valence-electron chi connectivity index (χ1n) is 3.50. The molecule has 1 aromatic heterocycles. The number of halogens is 1. The highest BCUT2D eigenvalue weighted by Crippen LogP contribution is 2.17. The number of para-hydroxylation sites is 1. The third-order valence-corrected chi connectivity index (χ3v) is 1.89. The van der Waals surface area contributed by atoms with Gasteiger partial charge in [0.1, 0.15) is 10.5 Å². The second kappa shape index (κ2) is 2.70. The number of anilines is 1. The van der Waals surface area contributed by atoms with E-state index in [-0.39, 0.29) is 11.5 Å². The van der Waals surface area contributed by atoms with Crippen LogP contribution in [0, 0.1) is 5.21 Å².